The zero-order valence-corrected chi connectivity index (χ0v) is 21.5. The van der Waals surface area contributed by atoms with Gasteiger partial charge >= 0.3 is 0 Å². The summed E-state index contributed by atoms with van der Waals surface area (Å²) in [6.45, 7) is 10.3. The number of thioether (sulfide) groups is 1. The number of para-hydroxylation sites is 1. The van der Waals surface area contributed by atoms with Gasteiger partial charge in [-0.1, -0.05) is 30.3 Å². The molecule has 2 bridgehead atoms. The molecule has 4 unspecified atom stereocenters. The average molecular weight is 533 g/mol. The predicted molar refractivity (Wildman–Crippen MR) is 123 cm³/mol. The highest BCUT2D eigenvalue weighted by molar-refractivity contribution is 8.03. The van der Waals surface area contributed by atoms with E-state index in [-0.39, 0.29) is 24.0 Å². The molecule has 2 aliphatic carbocycles. The first kappa shape index (κ1) is 22.2. The Morgan fingerprint density at radius 2 is 1.87 bits per heavy atom. The highest BCUT2D eigenvalue weighted by Gasteiger charge is 2.45. The van der Waals surface area contributed by atoms with Gasteiger partial charge in [-0.25, -0.2) is 0 Å². The van der Waals surface area contributed by atoms with Gasteiger partial charge in [0.05, 0.1) is 10.7 Å². The van der Waals surface area contributed by atoms with Crippen molar-refractivity contribution in [3.05, 3.63) is 58.4 Å². The van der Waals surface area contributed by atoms with Crippen LogP contribution >= 0.6 is 11.8 Å². The second-order valence-corrected chi connectivity index (χ2v) is 10.4. The molecule has 2 fully saturated rings. The summed E-state index contributed by atoms with van der Waals surface area (Å²) in [5.74, 6) is 2.85. The highest BCUT2D eigenvalue weighted by Crippen LogP contribution is 2.51. The van der Waals surface area contributed by atoms with Crippen molar-refractivity contribution in [2.75, 3.05) is 11.4 Å². The number of fused-ring (bicyclic) bond motifs is 3. The number of pyridine rings is 1. The van der Waals surface area contributed by atoms with Crippen LogP contribution in [0.2, 0.25) is 0 Å². The molecule has 0 spiro atoms. The lowest BCUT2D eigenvalue weighted by molar-refractivity contribution is -0.738. The molecule has 0 radical (unpaired) electrons. The minimum Gasteiger partial charge on any atom is -1.00 e. The molecule has 0 amide bonds. The lowest BCUT2D eigenvalue weighted by atomic mass is 9.83. The molecule has 2 saturated carbocycles. The molecule has 2 aromatic rings. The molecule has 5 rings (SSSR count). The summed E-state index contributed by atoms with van der Waals surface area (Å²) in [6, 6.07) is 14.1. The Labute approximate surface area is 203 Å². The van der Waals surface area contributed by atoms with Gasteiger partial charge in [-0.3, -0.25) is 0 Å². The molecule has 1 aromatic heterocycles. The number of hydrogen-bond acceptors (Lipinski definition) is 2. The fourth-order valence-electron chi connectivity index (χ4n) is 6.37. The van der Waals surface area contributed by atoms with Gasteiger partial charge in [0.25, 0.3) is 0 Å². The molecule has 1 aromatic carbocycles. The van der Waals surface area contributed by atoms with Crippen LogP contribution in [0.15, 0.2) is 46.3 Å². The molecular weight excluding hydrogens is 499 g/mol. The van der Waals surface area contributed by atoms with E-state index in [4.69, 9.17) is 0 Å². The Hall–Kier alpha value is -1.01. The van der Waals surface area contributed by atoms with E-state index in [1.807, 2.05) is 11.8 Å². The van der Waals surface area contributed by atoms with Crippen molar-refractivity contribution < 1.29 is 28.5 Å². The summed E-state index contributed by atoms with van der Waals surface area (Å²) in [7, 11) is 0. The minimum absolute atomic E-state index is 0. The van der Waals surface area contributed by atoms with E-state index in [1.165, 1.54) is 58.2 Å². The van der Waals surface area contributed by atoms with Crippen molar-refractivity contribution in [2.24, 2.45) is 17.8 Å². The molecule has 2 nitrogen and oxygen atoms in total. The molecule has 1 aliphatic heterocycles. The summed E-state index contributed by atoms with van der Waals surface area (Å²) < 4.78 is 2.61. The maximum absolute atomic E-state index is 2.61. The molecule has 3 aliphatic rings. The number of nitrogens with zero attached hydrogens (tertiary/aromatic N) is 2. The lowest BCUT2D eigenvalue weighted by Gasteiger charge is -2.26. The van der Waals surface area contributed by atoms with Crippen LogP contribution in [0, 0.1) is 31.6 Å². The maximum atomic E-state index is 2.61. The van der Waals surface area contributed by atoms with E-state index in [2.05, 4.69) is 79.6 Å². The number of rotatable bonds is 4. The van der Waals surface area contributed by atoms with E-state index in [1.54, 1.807) is 0 Å². The first-order valence-corrected chi connectivity index (χ1v) is 12.2. The smallest absolute Gasteiger partial charge is 0.179 e. The van der Waals surface area contributed by atoms with Crippen LogP contribution in [-0.2, 0) is 0 Å². The largest absolute Gasteiger partial charge is 1.00 e. The number of anilines is 1. The molecule has 30 heavy (non-hydrogen) atoms. The van der Waals surface area contributed by atoms with E-state index in [0.29, 0.717) is 6.04 Å². The SMILES string of the molecule is CCN1/C(=C\c2cc(C)[n+](C(C)C3CC4CCC3C4)c(C)c2)Sc2ccccc21.[I-]. The van der Waals surface area contributed by atoms with Gasteiger partial charge in [0.2, 0.25) is 0 Å². The quantitative estimate of drug-likeness (QED) is 0.440. The van der Waals surface area contributed by atoms with Crippen LogP contribution in [0.1, 0.15) is 62.5 Å². The second kappa shape index (κ2) is 8.85. The van der Waals surface area contributed by atoms with Crippen LogP contribution in [0.25, 0.3) is 6.08 Å². The zero-order chi connectivity index (χ0) is 20.1. The van der Waals surface area contributed by atoms with Crippen molar-refractivity contribution in [1.82, 2.24) is 0 Å². The van der Waals surface area contributed by atoms with E-state index < -0.39 is 0 Å². The average Bonchev–Trinajstić information content (AvgIpc) is 3.41. The zero-order valence-electron chi connectivity index (χ0n) is 18.6. The topological polar surface area (TPSA) is 7.12 Å². The van der Waals surface area contributed by atoms with Gasteiger partial charge in [0, 0.05) is 43.3 Å². The number of aromatic nitrogens is 1. The third kappa shape index (κ3) is 3.83. The lowest BCUT2D eigenvalue weighted by Crippen LogP contribution is -3.00. The van der Waals surface area contributed by atoms with Crippen molar-refractivity contribution in [2.45, 2.75) is 64.3 Å². The van der Waals surface area contributed by atoms with Crippen molar-refractivity contribution >= 4 is 23.5 Å². The summed E-state index contributed by atoms with van der Waals surface area (Å²) in [5, 5.41) is 1.34. The highest BCUT2D eigenvalue weighted by atomic mass is 127. The third-order valence-electron chi connectivity index (χ3n) is 7.57. The van der Waals surface area contributed by atoms with Crippen molar-refractivity contribution in [3.8, 4) is 0 Å². The van der Waals surface area contributed by atoms with Gasteiger partial charge in [-0.05, 0) is 68.7 Å². The monoisotopic (exact) mass is 532 g/mol. The van der Waals surface area contributed by atoms with Gasteiger partial charge in [-0.15, -0.1) is 0 Å². The van der Waals surface area contributed by atoms with Gasteiger partial charge in [0.1, 0.15) is 0 Å². The predicted octanol–water partition coefficient (Wildman–Crippen LogP) is 3.52. The second-order valence-electron chi connectivity index (χ2n) is 9.32. The number of aryl methyl sites for hydroxylation is 2. The summed E-state index contributed by atoms with van der Waals surface area (Å²) in [6.07, 6.45) is 8.26. The maximum Gasteiger partial charge on any atom is 0.179 e. The minimum atomic E-state index is 0. The van der Waals surface area contributed by atoms with E-state index in [0.717, 1.165) is 24.3 Å². The van der Waals surface area contributed by atoms with Crippen LogP contribution in [0.3, 0.4) is 0 Å². The van der Waals surface area contributed by atoms with E-state index >= 15 is 0 Å². The van der Waals surface area contributed by atoms with Crippen LogP contribution in [0.5, 0.6) is 0 Å². The number of hydrogen-bond donors (Lipinski definition) is 0. The molecule has 4 atom stereocenters. The normalized spacial score (nSPS) is 26.7. The summed E-state index contributed by atoms with van der Waals surface area (Å²) in [5.41, 5.74) is 5.46. The Morgan fingerprint density at radius 3 is 2.50 bits per heavy atom. The molecule has 160 valence electrons. The van der Waals surface area contributed by atoms with Crippen LogP contribution in [0.4, 0.5) is 5.69 Å². The molecule has 0 saturated heterocycles. The Morgan fingerprint density at radius 1 is 1.13 bits per heavy atom. The van der Waals surface area contributed by atoms with Crippen LogP contribution in [-0.4, -0.2) is 6.54 Å². The fraction of sp³-hybridized carbons (Fsp3) is 0.500. The van der Waals surface area contributed by atoms with Gasteiger partial charge < -0.3 is 28.9 Å². The Kier molecular flexibility index (Phi) is 6.55. The first-order valence-electron chi connectivity index (χ1n) is 11.3. The van der Waals surface area contributed by atoms with Crippen molar-refractivity contribution in [3.63, 3.8) is 0 Å². The Balaban J connectivity index is 0.00000218. The number of benzene rings is 1. The number of halogens is 1. The van der Waals surface area contributed by atoms with Crippen LogP contribution < -0.4 is 33.4 Å². The van der Waals surface area contributed by atoms with Crippen molar-refractivity contribution in [1.29, 1.82) is 0 Å². The molecule has 0 N–H and O–H groups in total. The Bertz CT molecular complexity index is 946. The van der Waals surface area contributed by atoms with E-state index in [9.17, 15) is 0 Å². The first-order chi connectivity index (χ1) is 14.0. The fourth-order valence-corrected chi connectivity index (χ4v) is 7.56. The molecular formula is C26H33IN2S. The summed E-state index contributed by atoms with van der Waals surface area (Å²) >= 11 is 1.89. The standard InChI is InChI=1S/C26H33N2S.HI/c1-5-27-24-8-6-7-9-25(24)29-26(27)16-21-12-17(2)28(18(3)13-21)19(4)23-15-20-10-11-22(23)14-20;/h6-9,12-13,16,19-20,22-23H,5,10-11,14-15H2,1-4H3;1H/q+1;/p-1. The third-order valence-corrected chi connectivity index (χ3v) is 8.69. The van der Waals surface area contributed by atoms with Gasteiger partial charge in [0.15, 0.2) is 17.4 Å². The summed E-state index contributed by atoms with van der Waals surface area (Å²) in [4.78, 5) is 3.80. The van der Waals surface area contributed by atoms with Gasteiger partial charge in [-0.2, -0.15) is 4.57 Å². The molecule has 4 heteroatoms. The molecule has 2 heterocycles.